The summed E-state index contributed by atoms with van der Waals surface area (Å²) in [5, 5.41) is 3.03. The first-order valence-electron chi connectivity index (χ1n) is 11.5. The van der Waals surface area contributed by atoms with E-state index in [1.165, 1.54) is 0 Å². The second-order valence-electron chi connectivity index (χ2n) is 9.10. The second-order valence-corrected chi connectivity index (χ2v) is 9.10. The van der Waals surface area contributed by atoms with Crippen LogP contribution in [0.1, 0.15) is 39.1 Å². The Kier molecular flexibility index (Phi) is 4.77. The van der Waals surface area contributed by atoms with Gasteiger partial charge in [0.25, 0.3) is 5.91 Å². The maximum Gasteiger partial charge on any atom is 0.253 e. The van der Waals surface area contributed by atoms with Crippen molar-refractivity contribution < 1.29 is 23.9 Å². The molecule has 3 amide bonds. The first kappa shape index (κ1) is 21.2. The van der Waals surface area contributed by atoms with Gasteiger partial charge in [-0.25, -0.2) is 0 Å². The molecule has 3 aliphatic heterocycles. The van der Waals surface area contributed by atoms with E-state index < -0.39 is 11.3 Å². The average Bonchev–Trinajstić information content (AvgIpc) is 3.46. The molecule has 0 radical (unpaired) electrons. The molecule has 0 bridgehead atoms. The number of rotatable bonds is 3. The number of anilines is 1. The lowest BCUT2D eigenvalue weighted by Crippen LogP contribution is -2.48. The third-order valence-corrected chi connectivity index (χ3v) is 7.24. The summed E-state index contributed by atoms with van der Waals surface area (Å²) in [6.07, 6.45) is 1.07. The van der Waals surface area contributed by atoms with E-state index in [0.717, 1.165) is 22.4 Å². The molecule has 3 N–H and O–H groups in total. The van der Waals surface area contributed by atoms with Gasteiger partial charge in [0.2, 0.25) is 18.6 Å². The monoisotopic (exact) mass is 469 g/mol. The lowest BCUT2D eigenvalue weighted by atomic mass is 9.73. The molecule has 0 atom stereocenters. The third-order valence-electron chi connectivity index (χ3n) is 7.24. The van der Waals surface area contributed by atoms with Crippen molar-refractivity contribution in [2.45, 2.75) is 18.3 Å². The molecule has 3 aromatic rings. The minimum absolute atomic E-state index is 0.0242. The summed E-state index contributed by atoms with van der Waals surface area (Å²) in [7, 11) is 0. The number of ether oxygens (including phenoxy) is 2. The molecule has 1 fully saturated rings. The van der Waals surface area contributed by atoms with E-state index in [1.54, 1.807) is 35.2 Å². The Morgan fingerprint density at radius 3 is 2.29 bits per heavy atom. The zero-order valence-electron chi connectivity index (χ0n) is 18.9. The second kappa shape index (κ2) is 7.87. The minimum atomic E-state index is -0.676. The van der Waals surface area contributed by atoms with Crippen LogP contribution in [0, 0.1) is 0 Å². The van der Waals surface area contributed by atoms with Crippen LogP contribution in [0.25, 0.3) is 11.1 Å². The molecule has 35 heavy (non-hydrogen) atoms. The average molecular weight is 469 g/mol. The van der Waals surface area contributed by atoms with Crippen molar-refractivity contribution in [2.75, 3.05) is 25.2 Å². The maximum absolute atomic E-state index is 13.2. The van der Waals surface area contributed by atoms with Crippen LogP contribution in [0.5, 0.6) is 11.5 Å². The summed E-state index contributed by atoms with van der Waals surface area (Å²) in [6, 6.07) is 18.2. The van der Waals surface area contributed by atoms with Gasteiger partial charge in [-0.2, -0.15) is 0 Å². The molecule has 3 aliphatic rings. The number of primary amides is 1. The lowest BCUT2D eigenvalue weighted by Gasteiger charge is -2.38. The zero-order chi connectivity index (χ0) is 24.2. The highest BCUT2D eigenvalue weighted by Crippen LogP contribution is 2.46. The smallest absolute Gasteiger partial charge is 0.253 e. The Bertz CT molecular complexity index is 1370. The van der Waals surface area contributed by atoms with Gasteiger partial charge in [-0.05, 0) is 72.0 Å². The summed E-state index contributed by atoms with van der Waals surface area (Å²) in [5.41, 5.74) is 9.32. The van der Waals surface area contributed by atoms with E-state index in [1.807, 2.05) is 30.3 Å². The standard InChI is InChI=1S/C27H23N3O5/c28-24(31)17-3-1-16(2-4-17)18-5-7-21-20(13-18)27(26(33)29-21)9-11-30(12-10-27)25(32)19-6-8-22-23(14-19)35-15-34-22/h1-8,13-14H,9-12,15H2,(H2,28,31)(H,29,33). The number of hydrogen-bond acceptors (Lipinski definition) is 5. The van der Waals surface area contributed by atoms with Crippen LogP contribution >= 0.6 is 0 Å². The maximum atomic E-state index is 13.2. The Balaban J connectivity index is 1.24. The van der Waals surface area contributed by atoms with Crippen LogP contribution in [0.4, 0.5) is 5.69 Å². The molecule has 1 spiro atoms. The molecule has 6 rings (SSSR count). The highest BCUT2D eigenvalue weighted by Gasteiger charge is 2.49. The number of nitrogens with zero attached hydrogens (tertiary/aromatic N) is 1. The van der Waals surface area contributed by atoms with E-state index >= 15 is 0 Å². The minimum Gasteiger partial charge on any atom is -0.454 e. The van der Waals surface area contributed by atoms with Gasteiger partial charge < -0.3 is 25.4 Å². The van der Waals surface area contributed by atoms with Gasteiger partial charge in [0.05, 0.1) is 5.41 Å². The summed E-state index contributed by atoms with van der Waals surface area (Å²) in [6.45, 7) is 1.10. The molecule has 1 saturated heterocycles. The van der Waals surface area contributed by atoms with Crippen LogP contribution < -0.4 is 20.5 Å². The Hall–Kier alpha value is -4.33. The highest BCUT2D eigenvalue weighted by molar-refractivity contribution is 6.07. The molecular weight excluding hydrogens is 446 g/mol. The number of likely N-dealkylation sites (tertiary alicyclic amines) is 1. The first-order chi connectivity index (χ1) is 16.9. The van der Waals surface area contributed by atoms with Crippen LogP contribution in [-0.4, -0.2) is 42.5 Å². The predicted octanol–water partition coefficient (Wildman–Crippen LogP) is 3.31. The van der Waals surface area contributed by atoms with E-state index in [4.69, 9.17) is 15.2 Å². The number of amides is 3. The van der Waals surface area contributed by atoms with Gasteiger partial charge in [0.15, 0.2) is 11.5 Å². The molecule has 0 unspecified atom stereocenters. The van der Waals surface area contributed by atoms with Gasteiger partial charge in [0.1, 0.15) is 0 Å². The normalized spacial score (nSPS) is 17.3. The summed E-state index contributed by atoms with van der Waals surface area (Å²) < 4.78 is 10.7. The van der Waals surface area contributed by atoms with Crippen molar-refractivity contribution in [3.05, 3.63) is 77.4 Å². The number of nitrogens with two attached hydrogens (primary N) is 1. The van der Waals surface area contributed by atoms with Crippen molar-refractivity contribution in [3.8, 4) is 22.6 Å². The predicted molar refractivity (Wildman–Crippen MR) is 128 cm³/mol. The molecule has 0 aromatic heterocycles. The zero-order valence-corrected chi connectivity index (χ0v) is 18.9. The fourth-order valence-corrected chi connectivity index (χ4v) is 5.22. The van der Waals surface area contributed by atoms with E-state index in [9.17, 15) is 14.4 Å². The molecule has 0 aliphatic carbocycles. The topological polar surface area (TPSA) is 111 Å². The van der Waals surface area contributed by atoms with Crippen LogP contribution in [0.2, 0.25) is 0 Å². The molecule has 8 heteroatoms. The molecule has 8 nitrogen and oxygen atoms in total. The Morgan fingerprint density at radius 1 is 0.857 bits per heavy atom. The fraction of sp³-hybridized carbons (Fsp3) is 0.222. The van der Waals surface area contributed by atoms with E-state index in [-0.39, 0.29) is 18.6 Å². The van der Waals surface area contributed by atoms with Crippen molar-refractivity contribution in [3.63, 3.8) is 0 Å². The van der Waals surface area contributed by atoms with Gasteiger partial charge >= 0.3 is 0 Å². The number of hydrogen-bond donors (Lipinski definition) is 2. The SMILES string of the molecule is NC(=O)c1ccc(-c2ccc3c(c2)C2(CCN(C(=O)c4ccc5c(c4)OCO5)CC2)C(=O)N3)cc1. The number of piperidine rings is 1. The molecule has 0 saturated carbocycles. The number of fused-ring (bicyclic) bond motifs is 3. The number of nitrogens with one attached hydrogen (secondary N) is 1. The van der Waals surface area contributed by atoms with Gasteiger partial charge in [0, 0.05) is 29.9 Å². The summed E-state index contributed by atoms with van der Waals surface area (Å²) in [4.78, 5) is 39.5. The third kappa shape index (κ3) is 3.41. The van der Waals surface area contributed by atoms with E-state index in [0.29, 0.717) is 48.6 Å². The first-order valence-corrected chi connectivity index (χ1v) is 11.5. The highest BCUT2D eigenvalue weighted by atomic mass is 16.7. The number of carbonyl (C=O) groups excluding carboxylic acids is 3. The quantitative estimate of drug-likeness (QED) is 0.612. The molecular formula is C27H23N3O5. The fourth-order valence-electron chi connectivity index (χ4n) is 5.22. The lowest BCUT2D eigenvalue weighted by molar-refractivity contribution is -0.122. The van der Waals surface area contributed by atoms with E-state index in [2.05, 4.69) is 5.32 Å². The molecule has 176 valence electrons. The summed E-state index contributed by atoms with van der Waals surface area (Å²) >= 11 is 0. The van der Waals surface area contributed by atoms with Crippen LogP contribution in [0.3, 0.4) is 0 Å². The van der Waals surface area contributed by atoms with Crippen molar-refractivity contribution in [1.82, 2.24) is 4.90 Å². The van der Waals surface area contributed by atoms with Gasteiger partial charge in [-0.3, -0.25) is 14.4 Å². The van der Waals surface area contributed by atoms with Crippen LogP contribution in [-0.2, 0) is 10.2 Å². The molecule has 3 heterocycles. The van der Waals surface area contributed by atoms with Gasteiger partial charge in [-0.15, -0.1) is 0 Å². The molecule has 3 aromatic carbocycles. The van der Waals surface area contributed by atoms with Gasteiger partial charge in [-0.1, -0.05) is 18.2 Å². The summed E-state index contributed by atoms with van der Waals surface area (Å²) in [5.74, 6) is 0.633. The number of benzene rings is 3. The van der Waals surface area contributed by atoms with Crippen molar-refractivity contribution in [2.24, 2.45) is 5.73 Å². The number of carbonyl (C=O) groups is 3. The Morgan fingerprint density at radius 2 is 1.54 bits per heavy atom. The van der Waals surface area contributed by atoms with Crippen molar-refractivity contribution >= 4 is 23.4 Å². The van der Waals surface area contributed by atoms with Crippen molar-refractivity contribution in [1.29, 1.82) is 0 Å². The Labute approximate surface area is 201 Å². The largest absolute Gasteiger partial charge is 0.454 e. The van der Waals surface area contributed by atoms with Crippen LogP contribution in [0.15, 0.2) is 60.7 Å².